The van der Waals surface area contributed by atoms with Gasteiger partial charge in [0.15, 0.2) is 21.0 Å². The van der Waals surface area contributed by atoms with Crippen LogP contribution in [0.25, 0.3) is 11.0 Å². The molecule has 6 nitrogen and oxygen atoms in total. The van der Waals surface area contributed by atoms with Crippen LogP contribution in [0.2, 0.25) is 0 Å². The molecule has 0 radical (unpaired) electrons. The van der Waals surface area contributed by atoms with E-state index in [4.69, 9.17) is 4.42 Å². The molecule has 1 fully saturated rings. The summed E-state index contributed by atoms with van der Waals surface area (Å²) in [6, 6.07) is 12.4. The largest absolute Gasteiger partial charge is 0.450 e. The molecule has 1 aromatic heterocycles. The maximum atomic E-state index is 13.6. The minimum atomic E-state index is -3.22. The van der Waals surface area contributed by atoms with Crippen LogP contribution in [-0.4, -0.2) is 36.8 Å². The molecule has 0 aliphatic carbocycles. The first kappa shape index (κ1) is 24.2. The van der Waals surface area contributed by atoms with Gasteiger partial charge in [0.1, 0.15) is 5.58 Å². The molecule has 0 unspecified atom stereocenters. The monoisotopic (exact) mass is 481 g/mol. The van der Waals surface area contributed by atoms with Gasteiger partial charge in [-0.05, 0) is 54.0 Å². The lowest BCUT2D eigenvalue weighted by molar-refractivity contribution is 0.0648. The van der Waals surface area contributed by atoms with E-state index in [1.165, 1.54) is 11.6 Å². The molecule has 1 aliphatic rings. The van der Waals surface area contributed by atoms with Crippen molar-refractivity contribution < 1.29 is 17.6 Å². The Hall–Kier alpha value is -2.93. The van der Waals surface area contributed by atoms with Crippen LogP contribution in [0.1, 0.15) is 60.0 Å². The molecule has 34 heavy (non-hydrogen) atoms. The first-order valence-corrected chi connectivity index (χ1v) is 13.3. The topological polar surface area (TPSA) is 84.7 Å². The van der Waals surface area contributed by atoms with Crippen LogP contribution in [0, 0.1) is 13.8 Å². The highest BCUT2D eigenvalue weighted by Crippen LogP contribution is 2.26. The van der Waals surface area contributed by atoms with Gasteiger partial charge in [-0.1, -0.05) is 51.1 Å². The molecule has 1 aliphatic heterocycles. The number of amides is 1. The fraction of sp³-hybridized carbons (Fsp3) is 0.407. The molecule has 0 N–H and O–H groups in total. The minimum absolute atomic E-state index is 0.00170. The molecule has 180 valence electrons. The first-order valence-electron chi connectivity index (χ1n) is 11.5. The molecule has 0 bridgehead atoms. The van der Waals surface area contributed by atoms with Crippen molar-refractivity contribution in [3.05, 3.63) is 80.7 Å². The summed E-state index contributed by atoms with van der Waals surface area (Å²) >= 11 is 0. The van der Waals surface area contributed by atoms with E-state index < -0.39 is 21.8 Å². The summed E-state index contributed by atoms with van der Waals surface area (Å²) in [6.07, 6.45) is 0.365. The van der Waals surface area contributed by atoms with Gasteiger partial charge in [0, 0.05) is 18.7 Å². The van der Waals surface area contributed by atoms with Crippen molar-refractivity contribution in [1.29, 1.82) is 0 Å². The van der Waals surface area contributed by atoms with Crippen LogP contribution in [-0.2, 0) is 21.8 Å². The van der Waals surface area contributed by atoms with Crippen LogP contribution in [0.15, 0.2) is 51.7 Å². The highest BCUT2D eigenvalue weighted by molar-refractivity contribution is 7.91. The summed E-state index contributed by atoms with van der Waals surface area (Å²) in [5, 5.41) is 0.432. The van der Waals surface area contributed by atoms with Gasteiger partial charge >= 0.3 is 0 Å². The van der Waals surface area contributed by atoms with Crippen LogP contribution < -0.4 is 5.43 Å². The molecule has 2 aromatic carbocycles. The zero-order chi connectivity index (χ0) is 24.8. The Balaban J connectivity index is 1.73. The number of carbonyl (C=O) groups excluding carboxylic acids is 1. The lowest BCUT2D eigenvalue weighted by Crippen LogP contribution is -2.41. The molecule has 4 rings (SSSR count). The van der Waals surface area contributed by atoms with Crippen LogP contribution in [0.4, 0.5) is 0 Å². The van der Waals surface area contributed by atoms with Crippen molar-refractivity contribution in [3.63, 3.8) is 0 Å². The van der Waals surface area contributed by atoms with Crippen LogP contribution in [0.5, 0.6) is 0 Å². The molecule has 1 saturated heterocycles. The van der Waals surface area contributed by atoms with Gasteiger partial charge < -0.3 is 9.32 Å². The van der Waals surface area contributed by atoms with Gasteiger partial charge in [-0.3, -0.25) is 9.59 Å². The van der Waals surface area contributed by atoms with Crippen molar-refractivity contribution in [2.24, 2.45) is 0 Å². The Kier molecular flexibility index (Phi) is 6.19. The summed E-state index contributed by atoms with van der Waals surface area (Å²) in [6.45, 7) is 10.4. The second-order valence-corrected chi connectivity index (χ2v) is 12.6. The van der Waals surface area contributed by atoms with Crippen molar-refractivity contribution in [1.82, 2.24) is 4.90 Å². The maximum absolute atomic E-state index is 13.6. The Morgan fingerprint density at radius 1 is 1.09 bits per heavy atom. The Morgan fingerprint density at radius 3 is 2.35 bits per heavy atom. The van der Waals surface area contributed by atoms with Gasteiger partial charge in [-0.15, -0.1) is 0 Å². The third kappa shape index (κ3) is 4.94. The van der Waals surface area contributed by atoms with Gasteiger partial charge in [0.2, 0.25) is 0 Å². The Bertz CT molecular complexity index is 1410. The molecule has 1 amide bonds. The van der Waals surface area contributed by atoms with Crippen molar-refractivity contribution in [2.45, 2.75) is 59.0 Å². The number of hydrogen-bond acceptors (Lipinski definition) is 5. The molecule has 0 saturated carbocycles. The molecule has 1 atom stereocenters. The van der Waals surface area contributed by atoms with E-state index in [2.05, 4.69) is 20.8 Å². The number of rotatable bonds is 4. The average Bonchev–Trinajstić information content (AvgIpc) is 3.11. The van der Waals surface area contributed by atoms with E-state index in [1.54, 1.807) is 11.0 Å². The smallest absolute Gasteiger partial charge is 0.290 e. The maximum Gasteiger partial charge on any atom is 0.290 e. The molecular weight excluding hydrogens is 450 g/mol. The number of carbonyl (C=O) groups is 1. The molecule has 3 aromatic rings. The number of sulfone groups is 1. The summed E-state index contributed by atoms with van der Waals surface area (Å²) in [4.78, 5) is 28.0. The Labute approximate surface area is 200 Å². The zero-order valence-corrected chi connectivity index (χ0v) is 21.2. The lowest BCUT2D eigenvalue weighted by atomic mass is 9.86. The SMILES string of the molecule is Cc1cc(C)c2oc(C(=O)N(Cc3ccc(C(C)(C)C)cc3)[C@H]3CCS(=O)(=O)C3)cc(=O)c2c1. The third-order valence-corrected chi connectivity index (χ3v) is 8.20. The summed E-state index contributed by atoms with van der Waals surface area (Å²) in [5.41, 5.74) is 3.87. The fourth-order valence-corrected chi connectivity index (χ4v) is 6.28. The summed E-state index contributed by atoms with van der Waals surface area (Å²) < 4.78 is 30.4. The van der Waals surface area contributed by atoms with Crippen LogP contribution >= 0.6 is 0 Å². The standard InChI is InChI=1S/C27H31NO5S/c1-17-12-18(2)25-22(13-17)23(29)14-24(33-25)26(30)28(21-10-11-34(31,32)16-21)15-19-6-8-20(9-7-19)27(3,4)5/h6-9,12-14,21H,10-11,15-16H2,1-5H3/t21-/m0/s1. The quantitative estimate of drug-likeness (QED) is 0.546. The van der Waals surface area contributed by atoms with Gasteiger partial charge in [0.25, 0.3) is 5.91 Å². The highest BCUT2D eigenvalue weighted by Gasteiger charge is 2.36. The highest BCUT2D eigenvalue weighted by atomic mass is 32.2. The average molecular weight is 482 g/mol. The summed E-state index contributed by atoms with van der Waals surface area (Å²) in [7, 11) is -3.22. The van der Waals surface area contributed by atoms with Crippen molar-refractivity contribution in [2.75, 3.05) is 11.5 Å². The zero-order valence-electron chi connectivity index (χ0n) is 20.3. The van der Waals surface area contributed by atoms with Crippen molar-refractivity contribution >= 4 is 26.7 Å². The van der Waals surface area contributed by atoms with E-state index in [0.29, 0.717) is 17.4 Å². The number of fused-ring (bicyclic) bond motifs is 1. The number of nitrogens with zero attached hydrogens (tertiary/aromatic N) is 1. The third-order valence-electron chi connectivity index (χ3n) is 6.45. The number of hydrogen-bond donors (Lipinski definition) is 0. The lowest BCUT2D eigenvalue weighted by Gasteiger charge is -2.28. The fourth-order valence-electron chi connectivity index (χ4n) is 4.55. The molecule has 2 heterocycles. The molecule has 7 heteroatoms. The second kappa shape index (κ2) is 8.69. The first-order chi connectivity index (χ1) is 15.8. The molecule has 0 spiro atoms. The predicted molar refractivity (Wildman–Crippen MR) is 134 cm³/mol. The predicted octanol–water partition coefficient (Wildman–Crippen LogP) is 4.54. The van der Waals surface area contributed by atoms with E-state index in [-0.39, 0.29) is 34.7 Å². The molecular formula is C27H31NO5S. The summed E-state index contributed by atoms with van der Waals surface area (Å²) in [5.74, 6) is -0.583. The van der Waals surface area contributed by atoms with Gasteiger partial charge in [-0.2, -0.15) is 0 Å². The van der Waals surface area contributed by atoms with Crippen LogP contribution in [0.3, 0.4) is 0 Å². The van der Waals surface area contributed by atoms with E-state index in [0.717, 1.165) is 16.7 Å². The van der Waals surface area contributed by atoms with E-state index in [9.17, 15) is 18.0 Å². The van der Waals surface area contributed by atoms with E-state index >= 15 is 0 Å². The second-order valence-electron chi connectivity index (χ2n) is 10.4. The van der Waals surface area contributed by atoms with Crippen molar-refractivity contribution in [3.8, 4) is 0 Å². The van der Waals surface area contributed by atoms with Gasteiger partial charge in [-0.25, -0.2) is 8.42 Å². The number of aryl methyl sites for hydroxylation is 2. The Morgan fingerprint density at radius 2 is 1.76 bits per heavy atom. The minimum Gasteiger partial charge on any atom is -0.450 e. The van der Waals surface area contributed by atoms with Gasteiger partial charge in [0.05, 0.1) is 16.9 Å². The number of benzene rings is 2. The normalized spacial score (nSPS) is 17.7. The van der Waals surface area contributed by atoms with E-state index in [1.807, 2.05) is 44.2 Å².